The molecule has 1 amide bonds. The highest BCUT2D eigenvalue weighted by atomic mass is 16.1. The van der Waals surface area contributed by atoms with Crippen LogP contribution in [0.5, 0.6) is 0 Å². The molecule has 5 nitrogen and oxygen atoms in total. The topological polar surface area (TPSA) is 58.1 Å². The first-order valence-electron chi connectivity index (χ1n) is 9.03. The molecule has 0 bridgehead atoms. The number of aromatic nitrogens is 2. The molecule has 2 aromatic heterocycles. The van der Waals surface area contributed by atoms with Gasteiger partial charge < -0.3 is 5.32 Å². The van der Waals surface area contributed by atoms with Crippen LogP contribution in [0.2, 0.25) is 0 Å². The monoisotopic (exact) mass is 346 g/mol. The molecule has 0 spiro atoms. The van der Waals surface area contributed by atoms with Gasteiger partial charge in [0.15, 0.2) is 0 Å². The number of nitrogens with zero attached hydrogens (tertiary/aromatic N) is 3. The lowest BCUT2D eigenvalue weighted by Crippen LogP contribution is -2.33. The minimum atomic E-state index is -0.111. The number of amides is 1. The molecule has 1 aliphatic heterocycles. The number of pyridine rings is 2. The Kier molecular flexibility index (Phi) is 4.39. The van der Waals surface area contributed by atoms with Crippen LogP contribution in [0, 0.1) is 6.92 Å². The SMILES string of the molecule is CCN1CCc2nc3ccccc3c(C(=O)Nc3ncccc3C)c2C1. The summed E-state index contributed by atoms with van der Waals surface area (Å²) in [6.07, 6.45) is 2.57. The zero-order valence-electron chi connectivity index (χ0n) is 15.1. The molecule has 0 saturated carbocycles. The zero-order valence-corrected chi connectivity index (χ0v) is 15.1. The van der Waals surface area contributed by atoms with E-state index in [0.29, 0.717) is 5.82 Å². The second kappa shape index (κ2) is 6.84. The van der Waals surface area contributed by atoms with Crippen molar-refractivity contribution < 1.29 is 4.79 Å². The summed E-state index contributed by atoms with van der Waals surface area (Å²) in [6, 6.07) is 11.7. The van der Waals surface area contributed by atoms with E-state index >= 15 is 0 Å². The van der Waals surface area contributed by atoms with Crippen molar-refractivity contribution in [2.24, 2.45) is 0 Å². The van der Waals surface area contributed by atoms with Gasteiger partial charge in [-0.2, -0.15) is 0 Å². The molecule has 0 atom stereocenters. The Hall–Kier alpha value is -2.79. The number of hydrogen-bond donors (Lipinski definition) is 1. The standard InChI is InChI=1S/C21H22N4O/c1-3-25-12-10-18-16(13-25)19(15-8-4-5-9-17(15)23-18)21(26)24-20-14(2)7-6-11-22-20/h4-9,11H,3,10,12-13H2,1-2H3,(H,22,24,26). The molecular formula is C21H22N4O. The van der Waals surface area contributed by atoms with Crippen molar-refractivity contribution in [2.45, 2.75) is 26.8 Å². The van der Waals surface area contributed by atoms with Crippen LogP contribution in [0.4, 0.5) is 5.82 Å². The Bertz CT molecular complexity index is 983. The maximum absolute atomic E-state index is 13.2. The van der Waals surface area contributed by atoms with Crippen LogP contribution in [0.15, 0.2) is 42.6 Å². The number of nitrogens with one attached hydrogen (secondary N) is 1. The third kappa shape index (κ3) is 2.95. The summed E-state index contributed by atoms with van der Waals surface area (Å²) in [4.78, 5) is 24.7. The van der Waals surface area contributed by atoms with E-state index in [2.05, 4.69) is 22.1 Å². The van der Waals surface area contributed by atoms with Crippen LogP contribution < -0.4 is 5.32 Å². The lowest BCUT2D eigenvalue weighted by molar-refractivity contribution is 0.102. The smallest absolute Gasteiger partial charge is 0.257 e. The van der Waals surface area contributed by atoms with E-state index in [9.17, 15) is 4.79 Å². The first-order chi connectivity index (χ1) is 12.7. The third-order valence-corrected chi connectivity index (χ3v) is 5.04. The Morgan fingerprint density at radius 3 is 2.88 bits per heavy atom. The summed E-state index contributed by atoms with van der Waals surface area (Å²) >= 11 is 0. The number of benzene rings is 1. The highest BCUT2D eigenvalue weighted by Gasteiger charge is 2.25. The van der Waals surface area contributed by atoms with E-state index in [0.717, 1.165) is 59.3 Å². The number of likely N-dealkylation sites (N-methyl/N-ethyl adjacent to an activating group) is 1. The first-order valence-corrected chi connectivity index (χ1v) is 9.03. The number of carbonyl (C=O) groups excluding carboxylic acids is 1. The molecule has 1 aromatic carbocycles. The van der Waals surface area contributed by atoms with Gasteiger partial charge in [-0.05, 0) is 31.2 Å². The predicted octanol–water partition coefficient (Wildman–Crippen LogP) is 3.57. The van der Waals surface area contributed by atoms with Crippen molar-refractivity contribution in [3.63, 3.8) is 0 Å². The number of para-hydroxylation sites is 1. The largest absolute Gasteiger partial charge is 0.306 e. The molecule has 3 heterocycles. The summed E-state index contributed by atoms with van der Waals surface area (Å²) in [5.41, 5.74) is 4.63. The number of rotatable bonds is 3. The van der Waals surface area contributed by atoms with Crippen molar-refractivity contribution in [1.29, 1.82) is 0 Å². The number of fused-ring (bicyclic) bond motifs is 2. The molecule has 0 radical (unpaired) electrons. The maximum atomic E-state index is 13.2. The number of anilines is 1. The molecule has 0 saturated heterocycles. The van der Waals surface area contributed by atoms with Gasteiger partial charge in [0.2, 0.25) is 0 Å². The second-order valence-electron chi connectivity index (χ2n) is 6.67. The fourth-order valence-electron chi connectivity index (χ4n) is 3.56. The molecule has 0 unspecified atom stereocenters. The Balaban J connectivity index is 1.84. The predicted molar refractivity (Wildman–Crippen MR) is 103 cm³/mol. The van der Waals surface area contributed by atoms with E-state index in [1.807, 2.05) is 43.3 Å². The van der Waals surface area contributed by atoms with Gasteiger partial charge in [-0.1, -0.05) is 31.2 Å². The van der Waals surface area contributed by atoms with Gasteiger partial charge in [0, 0.05) is 42.4 Å². The minimum Gasteiger partial charge on any atom is -0.306 e. The molecule has 26 heavy (non-hydrogen) atoms. The number of hydrogen-bond acceptors (Lipinski definition) is 4. The van der Waals surface area contributed by atoms with Crippen LogP contribution in [0.1, 0.15) is 34.1 Å². The Morgan fingerprint density at radius 1 is 1.23 bits per heavy atom. The van der Waals surface area contributed by atoms with Gasteiger partial charge in [-0.25, -0.2) is 4.98 Å². The van der Waals surface area contributed by atoms with E-state index in [1.165, 1.54) is 0 Å². The van der Waals surface area contributed by atoms with E-state index in [1.54, 1.807) is 6.20 Å². The fraction of sp³-hybridized carbons (Fsp3) is 0.286. The van der Waals surface area contributed by atoms with Crippen molar-refractivity contribution in [3.05, 3.63) is 65.0 Å². The van der Waals surface area contributed by atoms with Crippen molar-refractivity contribution >= 4 is 22.6 Å². The summed E-state index contributed by atoms with van der Waals surface area (Å²) in [6.45, 7) is 6.80. The minimum absolute atomic E-state index is 0.111. The van der Waals surface area contributed by atoms with Crippen molar-refractivity contribution in [3.8, 4) is 0 Å². The van der Waals surface area contributed by atoms with Gasteiger partial charge in [-0.3, -0.25) is 14.7 Å². The lowest BCUT2D eigenvalue weighted by Gasteiger charge is -2.29. The number of aryl methyl sites for hydroxylation is 1. The fourth-order valence-corrected chi connectivity index (χ4v) is 3.56. The molecular weight excluding hydrogens is 324 g/mol. The van der Waals surface area contributed by atoms with Crippen LogP contribution in [-0.4, -0.2) is 33.9 Å². The highest BCUT2D eigenvalue weighted by molar-refractivity contribution is 6.13. The molecule has 0 aliphatic carbocycles. The van der Waals surface area contributed by atoms with Crippen LogP contribution >= 0.6 is 0 Å². The van der Waals surface area contributed by atoms with Gasteiger partial charge in [-0.15, -0.1) is 0 Å². The molecule has 1 aliphatic rings. The molecule has 0 fully saturated rings. The maximum Gasteiger partial charge on any atom is 0.257 e. The summed E-state index contributed by atoms with van der Waals surface area (Å²) in [5.74, 6) is 0.495. The lowest BCUT2D eigenvalue weighted by atomic mass is 9.95. The molecule has 132 valence electrons. The van der Waals surface area contributed by atoms with E-state index in [-0.39, 0.29) is 5.91 Å². The quantitative estimate of drug-likeness (QED) is 0.788. The van der Waals surface area contributed by atoms with Crippen molar-refractivity contribution in [1.82, 2.24) is 14.9 Å². The van der Waals surface area contributed by atoms with Crippen LogP contribution in [0.3, 0.4) is 0 Å². The molecule has 5 heteroatoms. The zero-order chi connectivity index (χ0) is 18.1. The average molecular weight is 346 g/mol. The van der Waals surface area contributed by atoms with Gasteiger partial charge in [0.25, 0.3) is 5.91 Å². The first kappa shape index (κ1) is 16.7. The normalized spacial score (nSPS) is 14.2. The Morgan fingerprint density at radius 2 is 2.08 bits per heavy atom. The highest BCUT2D eigenvalue weighted by Crippen LogP contribution is 2.29. The average Bonchev–Trinajstić information content (AvgIpc) is 2.67. The molecule has 4 rings (SSSR count). The van der Waals surface area contributed by atoms with E-state index in [4.69, 9.17) is 4.98 Å². The van der Waals surface area contributed by atoms with Gasteiger partial charge in [0.1, 0.15) is 5.82 Å². The van der Waals surface area contributed by atoms with Crippen molar-refractivity contribution in [2.75, 3.05) is 18.4 Å². The summed E-state index contributed by atoms with van der Waals surface area (Å²) in [5, 5.41) is 3.90. The van der Waals surface area contributed by atoms with Crippen LogP contribution in [0.25, 0.3) is 10.9 Å². The number of carbonyl (C=O) groups is 1. The summed E-state index contributed by atoms with van der Waals surface area (Å²) in [7, 11) is 0. The van der Waals surface area contributed by atoms with E-state index < -0.39 is 0 Å². The third-order valence-electron chi connectivity index (χ3n) is 5.04. The summed E-state index contributed by atoms with van der Waals surface area (Å²) < 4.78 is 0. The van der Waals surface area contributed by atoms with Crippen LogP contribution in [-0.2, 0) is 13.0 Å². The molecule has 1 N–H and O–H groups in total. The Labute approximate surface area is 153 Å². The molecule has 3 aromatic rings. The second-order valence-corrected chi connectivity index (χ2v) is 6.67. The van der Waals surface area contributed by atoms with Gasteiger partial charge >= 0.3 is 0 Å². The van der Waals surface area contributed by atoms with Gasteiger partial charge in [0.05, 0.1) is 11.1 Å².